The maximum absolute atomic E-state index is 3.27. The van der Waals surface area contributed by atoms with Gasteiger partial charge in [0.05, 0.1) is 0 Å². The lowest BCUT2D eigenvalue weighted by Gasteiger charge is -2.24. The van der Waals surface area contributed by atoms with E-state index in [0.29, 0.717) is 5.41 Å². The van der Waals surface area contributed by atoms with Gasteiger partial charge in [-0.25, -0.2) is 0 Å². The Morgan fingerprint density at radius 3 is 2.36 bits per heavy atom. The second-order valence-electron chi connectivity index (χ2n) is 4.12. The SMILES string of the molecule is CC1=CC(C(C)(C)C)=CCN1. The molecule has 0 amide bonds. The molecule has 0 radical (unpaired) electrons. The molecule has 62 valence electrons. The first-order chi connectivity index (χ1) is 5.00. The van der Waals surface area contributed by atoms with Crippen LogP contribution in [0.2, 0.25) is 0 Å². The van der Waals surface area contributed by atoms with Crippen molar-refractivity contribution in [1.29, 1.82) is 0 Å². The van der Waals surface area contributed by atoms with E-state index in [2.05, 4.69) is 45.2 Å². The number of allylic oxidation sites excluding steroid dienone is 3. The predicted octanol–water partition coefficient (Wildman–Crippen LogP) is 2.47. The van der Waals surface area contributed by atoms with Gasteiger partial charge < -0.3 is 5.32 Å². The lowest BCUT2D eigenvalue weighted by Crippen LogP contribution is -2.20. The van der Waals surface area contributed by atoms with E-state index in [4.69, 9.17) is 0 Å². The summed E-state index contributed by atoms with van der Waals surface area (Å²) in [6, 6.07) is 0. The minimum absolute atomic E-state index is 0.295. The fourth-order valence-electron chi connectivity index (χ4n) is 1.19. The highest BCUT2D eigenvalue weighted by molar-refractivity contribution is 5.30. The van der Waals surface area contributed by atoms with Crippen LogP contribution in [0.25, 0.3) is 0 Å². The Labute approximate surface area is 69.2 Å². The van der Waals surface area contributed by atoms with E-state index in [-0.39, 0.29) is 0 Å². The summed E-state index contributed by atoms with van der Waals surface area (Å²) in [5, 5.41) is 3.27. The summed E-state index contributed by atoms with van der Waals surface area (Å²) in [5.41, 5.74) is 3.01. The molecule has 1 heterocycles. The van der Waals surface area contributed by atoms with Gasteiger partial charge in [0.25, 0.3) is 0 Å². The summed E-state index contributed by atoms with van der Waals surface area (Å²) < 4.78 is 0. The van der Waals surface area contributed by atoms with E-state index in [9.17, 15) is 0 Å². The predicted molar refractivity (Wildman–Crippen MR) is 49.3 cm³/mol. The van der Waals surface area contributed by atoms with Gasteiger partial charge in [-0.2, -0.15) is 0 Å². The van der Waals surface area contributed by atoms with E-state index >= 15 is 0 Å². The highest BCUT2D eigenvalue weighted by Crippen LogP contribution is 2.27. The quantitative estimate of drug-likeness (QED) is 0.561. The summed E-state index contributed by atoms with van der Waals surface area (Å²) >= 11 is 0. The Hall–Kier alpha value is -0.720. The van der Waals surface area contributed by atoms with Crippen LogP contribution >= 0.6 is 0 Å². The first-order valence-electron chi connectivity index (χ1n) is 4.13. The molecule has 1 nitrogen and oxygen atoms in total. The van der Waals surface area contributed by atoms with Crippen LogP contribution < -0.4 is 5.32 Å². The number of hydrogen-bond donors (Lipinski definition) is 1. The topological polar surface area (TPSA) is 12.0 Å². The van der Waals surface area contributed by atoms with Crippen LogP contribution in [-0.2, 0) is 0 Å². The smallest absolute Gasteiger partial charge is 0.0333 e. The van der Waals surface area contributed by atoms with Crippen molar-refractivity contribution >= 4 is 0 Å². The number of hydrogen-bond acceptors (Lipinski definition) is 1. The third kappa shape index (κ3) is 2.11. The molecule has 0 aliphatic carbocycles. The average molecular weight is 151 g/mol. The Morgan fingerprint density at radius 1 is 1.36 bits per heavy atom. The van der Waals surface area contributed by atoms with E-state index < -0.39 is 0 Å². The van der Waals surface area contributed by atoms with Gasteiger partial charge >= 0.3 is 0 Å². The van der Waals surface area contributed by atoms with Gasteiger partial charge in [-0.15, -0.1) is 0 Å². The largest absolute Gasteiger partial charge is 0.385 e. The Kier molecular flexibility index (Phi) is 2.08. The van der Waals surface area contributed by atoms with Crippen molar-refractivity contribution in [2.24, 2.45) is 5.41 Å². The first kappa shape index (κ1) is 8.38. The Balaban J connectivity index is 2.82. The molecule has 1 rings (SSSR count). The van der Waals surface area contributed by atoms with Crippen molar-refractivity contribution in [3.8, 4) is 0 Å². The van der Waals surface area contributed by atoms with Crippen molar-refractivity contribution in [1.82, 2.24) is 5.32 Å². The normalized spacial score (nSPS) is 18.5. The summed E-state index contributed by atoms with van der Waals surface area (Å²) in [6.45, 7) is 9.82. The molecule has 0 spiro atoms. The highest BCUT2D eigenvalue weighted by Gasteiger charge is 2.16. The summed E-state index contributed by atoms with van der Waals surface area (Å²) in [6.07, 6.45) is 4.48. The number of dihydropyridines is 1. The number of rotatable bonds is 0. The maximum atomic E-state index is 3.27. The van der Waals surface area contributed by atoms with E-state index in [1.54, 1.807) is 0 Å². The molecule has 11 heavy (non-hydrogen) atoms. The Bertz CT molecular complexity index is 203. The molecule has 0 aromatic heterocycles. The maximum Gasteiger partial charge on any atom is 0.0333 e. The molecular formula is C10H17N. The molecule has 1 N–H and O–H groups in total. The van der Waals surface area contributed by atoms with Crippen molar-refractivity contribution in [3.63, 3.8) is 0 Å². The molecule has 1 heteroatoms. The molecule has 0 aromatic rings. The minimum atomic E-state index is 0.295. The van der Waals surface area contributed by atoms with Gasteiger partial charge in [0, 0.05) is 12.2 Å². The van der Waals surface area contributed by atoms with E-state index in [1.807, 2.05) is 0 Å². The van der Waals surface area contributed by atoms with Crippen LogP contribution in [0.5, 0.6) is 0 Å². The zero-order valence-corrected chi connectivity index (χ0v) is 7.86. The third-order valence-electron chi connectivity index (χ3n) is 1.94. The van der Waals surface area contributed by atoms with Gasteiger partial charge in [0.2, 0.25) is 0 Å². The minimum Gasteiger partial charge on any atom is -0.385 e. The fourth-order valence-corrected chi connectivity index (χ4v) is 1.19. The molecule has 0 atom stereocenters. The molecule has 1 aliphatic heterocycles. The highest BCUT2D eigenvalue weighted by atomic mass is 14.9. The molecule has 0 saturated heterocycles. The van der Waals surface area contributed by atoms with Crippen LogP contribution in [0.3, 0.4) is 0 Å². The van der Waals surface area contributed by atoms with Crippen LogP contribution in [-0.4, -0.2) is 6.54 Å². The van der Waals surface area contributed by atoms with Crippen LogP contribution in [0.15, 0.2) is 23.4 Å². The van der Waals surface area contributed by atoms with E-state index in [1.165, 1.54) is 11.3 Å². The molecule has 0 fully saturated rings. The Morgan fingerprint density at radius 2 is 2.00 bits per heavy atom. The monoisotopic (exact) mass is 151 g/mol. The van der Waals surface area contributed by atoms with Gasteiger partial charge in [0.1, 0.15) is 0 Å². The van der Waals surface area contributed by atoms with Crippen molar-refractivity contribution < 1.29 is 0 Å². The lowest BCUT2D eigenvalue weighted by molar-refractivity contribution is 0.510. The average Bonchev–Trinajstić information content (AvgIpc) is 1.86. The van der Waals surface area contributed by atoms with Gasteiger partial charge in [-0.1, -0.05) is 26.8 Å². The molecular weight excluding hydrogens is 134 g/mol. The summed E-state index contributed by atoms with van der Waals surface area (Å²) in [5.74, 6) is 0. The van der Waals surface area contributed by atoms with Crippen molar-refractivity contribution in [3.05, 3.63) is 23.4 Å². The fraction of sp³-hybridized carbons (Fsp3) is 0.600. The third-order valence-corrected chi connectivity index (χ3v) is 1.94. The molecule has 0 bridgehead atoms. The zero-order chi connectivity index (χ0) is 8.48. The second kappa shape index (κ2) is 2.72. The van der Waals surface area contributed by atoms with E-state index in [0.717, 1.165) is 6.54 Å². The van der Waals surface area contributed by atoms with Gasteiger partial charge in [-0.3, -0.25) is 0 Å². The molecule has 0 aromatic carbocycles. The summed E-state index contributed by atoms with van der Waals surface area (Å²) in [7, 11) is 0. The van der Waals surface area contributed by atoms with Crippen LogP contribution in [0.1, 0.15) is 27.7 Å². The number of nitrogens with one attached hydrogen (secondary N) is 1. The second-order valence-corrected chi connectivity index (χ2v) is 4.12. The zero-order valence-electron chi connectivity index (χ0n) is 7.86. The van der Waals surface area contributed by atoms with Crippen LogP contribution in [0.4, 0.5) is 0 Å². The van der Waals surface area contributed by atoms with Crippen molar-refractivity contribution in [2.75, 3.05) is 6.54 Å². The van der Waals surface area contributed by atoms with Gasteiger partial charge in [0.15, 0.2) is 0 Å². The molecule has 0 saturated carbocycles. The lowest BCUT2D eigenvalue weighted by atomic mass is 9.85. The van der Waals surface area contributed by atoms with Crippen LogP contribution in [0, 0.1) is 5.41 Å². The molecule has 1 aliphatic rings. The standard InChI is InChI=1S/C10H17N/c1-8-7-9(5-6-11-8)10(2,3)4/h5,7,11H,6H2,1-4H3. The van der Waals surface area contributed by atoms with Gasteiger partial charge in [-0.05, 0) is 24.0 Å². The van der Waals surface area contributed by atoms with Crippen molar-refractivity contribution in [2.45, 2.75) is 27.7 Å². The first-order valence-corrected chi connectivity index (χ1v) is 4.13. The molecule has 0 unspecified atom stereocenters. The summed E-state index contributed by atoms with van der Waals surface area (Å²) in [4.78, 5) is 0.